The Hall–Kier alpha value is -3.14. The fourth-order valence-corrected chi connectivity index (χ4v) is 8.69. The molecule has 3 aliphatic heterocycles. The summed E-state index contributed by atoms with van der Waals surface area (Å²) < 4.78 is 0. The van der Waals surface area contributed by atoms with Crippen molar-refractivity contribution in [3.05, 3.63) is 78.7 Å². The zero-order valence-electron chi connectivity index (χ0n) is 27.0. The molecular formula is C38H48N4. The average molecular weight is 561 g/mol. The van der Waals surface area contributed by atoms with E-state index in [-0.39, 0.29) is 0 Å². The highest BCUT2D eigenvalue weighted by molar-refractivity contribution is 6.09. The van der Waals surface area contributed by atoms with Crippen molar-refractivity contribution in [2.45, 2.75) is 119 Å². The number of nitrogens with one attached hydrogen (secondary N) is 2. The molecule has 12 bridgehead atoms. The minimum absolute atomic E-state index is 0.496. The lowest BCUT2D eigenvalue weighted by atomic mass is 9.74. The quantitative estimate of drug-likeness (QED) is 0.322. The van der Waals surface area contributed by atoms with Gasteiger partial charge in [-0.1, -0.05) is 12.8 Å². The van der Waals surface area contributed by atoms with Crippen LogP contribution in [-0.4, -0.2) is 21.4 Å². The first-order valence-corrected chi connectivity index (χ1v) is 16.5. The lowest BCUT2D eigenvalue weighted by molar-refractivity contribution is 0.383. The molecule has 4 nitrogen and oxygen atoms in total. The number of aromatic amines is 2. The SMILES string of the molecule is CC1=C(C)C2=NC1=Cc1[nH]c(c(C)c1C)[C@@H]1CCC[C@@H](C1)c1[nH]c(c(C)c1C)/C=C1\N=C(C(C)=C1C)[C@H]1CCC[C@H]2C1. The zero-order valence-corrected chi connectivity index (χ0v) is 27.0. The molecule has 0 saturated heterocycles. The molecule has 42 heavy (non-hydrogen) atoms. The van der Waals surface area contributed by atoms with Crippen LogP contribution in [0.5, 0.6) is 0 Å². The minimum atomic E-state index is 0.496. The summed E-state index contributed by atoms with van der Waals surface area (Å²) in [5, 5.41) is 0. The van der Waals surface area contributed by atoms with Crippen LogP contribution in [0.4, 0.5) is 0 Å². The number of hydrogen-bond acceptors (Lipinski definition) is 2. The first-order valence-electron chi connectivity index (χ1n) is 16.5. The van der Waals surface area contributed by atoms with Crippen LogP contribution < -0.4 is 0 Å². The molecule has 5 aliphatic rings. The van der Waals surface area contributed by atoms with Crippen LogP contribution in [0.15, 0.2) is 43.7 Å². The second-order valence-corrected chi connectivity index (χ2v) is 14.1. The lowest BCUT2D eigenvalue weighted by Crippen LogP contribution is -2.27. The average Bonchev–Trinajstić information content (AvgIpc) is 3.64. The maximum atomic E-state index is 5.37. The topological polar surface area (TPSA) is 56.3 Å². The molecule has 2 N–H and O–H groups in total. The third-order valence-electron chi connectivity index (χ3n) is 11.9. The van der Waals surface area contributed by atoms with Crippen molar-refractivity contribution in [1.82, 2.24) is 9.97 Å². The molecule has 0 spiro atoms. The van der Waals surface area contributed by atoms with Crippen LogP contribution in [0.3, 0.4) is 0 Å². The molecule has 2 aliphatic carbocycles. The number of nitrogens with zero attached hydrogens (tertiary/aromatic N) is 2. The largest absolute Gasteiger partial charge is 0.358 e. The fraction of sp³-hybridized carbons (Fsp3) is 0.526. The van der Waals surface area contributed by atoms with Gasteiger partial charge in [-0.15, -0.1) is 0 Å². The maximum Gasteiger partial charge on any atom is 0.0686 e. The first kappa shape index (κ1) is 27.7. The Kier molecular flexibility index (Phi) is 6.75. The molecule has 4 atom stereocenters. The number of H-pyrrole nitrogens is 2. The van der Waals surface area contributed by atoms with E-state index in [1.54, 1.807) is 0 Å². The van der Waals surface area contributed by atoms with Crippen molar-refractivity contribution < 1.29 is 0 Å². The third-order valence-corrected chi connectivity index (χ3v) is 11.9. The second kappa shape index (κ2) is 10.2. The second-order valence-electron chi connectivity index (χ2n) is 14.1. The van der Waals surface area contributed by atoms with Crippen LogP contribution >= 0.6 is 0 Å². The monoisotopic (exact) mass is 560 g/mol. The molecule has 2 saturated carbocycles. The van der Waals surface area contributed by atoms with Crippen LogP contribution in [-0.2, 0) is 0 Å². The number of aliphatic imine (C=N–C) groups is 2. The van der Waals surface area contributed by atoms with E-state index in [4.69, 9.17) is 9.98 Å². The Morgan fingerprint density at radius 3 is 1.31 bits per heavy atom. The van der Waals surface area contributed by atoms with E-state index in [0.717, 1.165) is 17.8 Å². The van der Waals surface area contributed by atoms with Crippen molar-refractivity contribution in [3.8, 4) is 0 Å². The Balaban J connectivity index is 1.39. The molecule has 2 aromatic heterocycles. The van der Waals surface area contributed by atoms with E-state index in [0.29, 0.717) is 23.7 Å². The Labute approximate surface area is 252 Å². The van der Waals surface area contributed by atoms with Gasteiger partial charge in [0.1, 0.15) is 0 Å². The number of hydrogen-bond donors (Lipinski definition) is 2. The molecule has 5 heterocycles. The van der Waals surface area contributed by atoms with Crippen LogP contribution in [0.25, 0.3) is 12.2 Å². The van der Waals surface area contributed by atoms with Gasteiger partial charge in [0.15, 0.2) is 0 Å². The summed E-state index contributed by atoms with van der Waals surface area (Å²) in [6.07, 6.45) is 14.5. The normalized spacial score (nSPS) is 28.9. The summed E-state index contributed by atoms with van der Waals surface area (Å²) in [5.74, 6) is 2.10. The van der Waals surface area contributed by atoms with Crippen LogP contribution in [0, 0.1) is 39.5 Å². The van der Waals surface area contributed by atoms with Crippen LogP contribution in [0.1, 0.15) is 136 Å². The van der Waals surface area contributed by atoms with Crippen molar-refractivity contribution in [3.63, 3.8) is 0 Å². The van der Waals surface area contributed by atoms with E-state index in [1.165, 1.54) is 124 Å². The van der Waals surface area contributed by atoms with Gasteiger partial charge in [-0.3, -0.25) is 9.98 Å². The van der Waals surface area contributed by atoms with Crippen molar-refractivity contribution >= 4 is 23.6 Å². The van der Waals surface area contributed by atoms with Gasteiger partial charge in [0, 0.05) is 46.0 Å². The molecule has 220 valence electrons. The maximum absolute atomic E-state index is 5.37. The van der Waals surface area contributed by atoms with Gasteiger partial charge in [-0.25, -0.2) is 0 Å². The minimum Gasteiger partial charge on any atom is -0.358 e. The summed E-state index contributed by atoms with van der Waals surface area (Å²) in [6, 6.07) is 0. The van der Waals surface area contributed by atoms with E-state index in [1.807, 2.05) is 0 Å². The van der Waals surface area contributed by atoms with Gasteiger partial charge in [0.25, 0.3) is 0 Å². The highest BCUT2D eigenvalue weighted by atomic mass is 14.8. The summed E-state index contributed by atoms with van der Waals surface area (Å²) >= 11 is 0. The predicted molar refractivity (Wildman–Crippen MR) is 178 cm³/mol. The molecule has 0 radical (unpaired) electrons. The summed E-state index contributed by atoms with van der Waals surface area (Å²) in [6.45, 7) is 18.4. The summed E-state index contributed by atoms with van der Waals surface area (Å²) in [7, 11) is 0. The molecule has 0 unspecified atom stereocenters. The molecule has 0 amide bonds. The van der Waals surface area contributed by atoms with Gasteiger partial charge in [-0.05, 0) is 162 Å². The Bertz CT molecular complexity index is 1550. The fourth-order valence-electron chi connectivity index (χ4n) is 8.69. The molecule has 4 heteroatoms. The number of fused-ring (bicyclic) bond motifs is 14. The van der Waals surface area contributed by atoms with Crippen molar-refractivity contribution in [1.29, 1.82) is 0 Å². The van der Waals surface area contributed by atoms with Gasteiger partial charge in [0.2, 0.25) is 0 Å². The van der Waals surface area contributed by atoms with E-state index < -0.39 is 0 Å². The third kappa shape index (κ3) is 4.31. The predicted octanol–water partition coefficient (Wildman–Crippen LogP) is 10.1. The van der Waals surface area contributed by atoms with Gasteiger partial charge in [-0.2, -0.15) is 0 Å². The van der Waals surface area contributed by atoms with E-state index in [2.05, 4.69) is 77.5 Å². The van der Waals surface area contributed by atoms with Gasteiger partial charge < -0.3 is 9.97 Å². The highest BCUT2D eigenvalue weighted by Crippen LogP contribution is 2.45. The molecule has 2 aromatic rings. The Morgan fingerprint density at radius 1 is 0.500 bits per heavy atom. The summed E-state index contributed by atoms with van der Waals surface area (Å²) in [5.41, 5.74) is 21.4. The lowest BCUT2D eigenvalue weighted by Gasteiger charge is -2.30. The molecule has 2 fully saturated rings. The Morgan fingerprint density at radius 2 is 0.881 bits per heavy atom. The van der Waals surface area contributed by atoms with Crippen LogP contribution in [0.2, 0.25) is 0 Å². The summed E-state index contributed by atoms with van der Waals surface area (Å²) in [4.78, 5) is 18.6. The first-order chi connectivity index (χ1) is 20.1. The number of rotatable bonds is 0. The van der Waals surface area contributed by atoms with Crippen molar-refractivity contribution in [2.24, 2.45) is 21.8 Å². The number of allylic oxidation sites excluding steroid dienone is 4. The molecule has 7 rings (SSSR count). The zero-order chi connectivity index (χ0) is 29.4. The number of aromatic nitrogens is 2. The molecule has 0 aromatic carbocycles. The smallest absolute Gasteiger partial charge is 0.0686 e. The van der Waals surface area contributed by atoms with Crippen molar-refractivity contribution in [2.75, 3.05) is 0 Å². The van der Waals surface area contributed by atoms with E-state index in [9.17, 15) is 0 Å². The molecular weight excluding hydrogens is 512 g/mol. The van der Waals surface area contributed by atoms with E-state index >= 15 is 0 Å². The highest BCUT2D eigenvalue weighted by Gasteiger charge is 2.35. The standard InChI is InChI=1S/C38H48N4/c1-19-23(5)35-27-11-9-12-28(15-27)37-25(7)21(3)33(41-37)18-34-22(4)26(8)38(42-34)30-14-10-13-29(16-30)36-24(6)20(2)32(40-36)17-31(19)39-35/h17-18,27-30,39,41H,9-16H2,1-8H3/b32-17-,34-18?/t27-,28+,29-,30-/m0/s1. The van der Waals surface area contributed by atoms with Gasteiger partial charge in [0.05, 0.1) is 11.4 Å². The van der Waals surface area contributed by atoms with Gasteiger partial charge >= 0.3 is 0 Å².